The summed E-state index contributed by atoms with van der Waals surface area (Å²) in [4.78, 5) is 29.4. The van der Waals surface area contributed by atoms with Crippen LogP contribution in [-0.4, -0.2) is 95.6 Å². The number of hydrogen-bond donors (Lipinski definition) is 4. The van der Waals surface area contributed by atoms with Crippen LogP contribution in [-0.2, 0) is 20.9 Å². The Hall–Kier alpha value is -3.18. The van der Waals surface area contributed by atoms with Crippen LogP contribution in [0.1, 0.15) is 56.7 Å². The van der Waals surface area contributed by atoms with Crippen LogP contribution in [0.2, 0.25) is 0 Å². The number of likely N-dealkylation sites (N-methyl/N-ethyl adjacent to an activating group) is 1. The molecule has 2 aromatic carbocycles. The third-order valence-corrected chi connectivity index (χ3v) is 10.0. The van der Waals surface area contributed by atoms with Crippen LogP contribution in [0.3, 0.4) is 0 Å². The highest BCUT2D eigenvalue weighted by molar-refractivity contribution is 5.82. The van der Waals surface area contributed by atoms with E-state index in [1.807, 2.05) is 7.05 Å². The largest absolute Gasteiger partial charge is 0.496 e. The molecular weight excluding hydrogens is 582 g/mol. The van der Waals surface area contributed by atoms with Gasteiger partial charge in [-0.15, -0.1) is 0 Å². The number of benzene rings is 2. The zero-order valence-corrected chi connectivity index (χ0v) is 29.0. The van der Waals surface area contributed by atoms with E-state index in [-0.39, 0.29) is 41.9 Å². The number of ether oxygens (including phenoxy) is 2. The predicted molar refractivity (Wildman–Crippen MR) is 183 cm³/mol. The maximum Gasteiger partial charge on any atom is 0.305 e. The molecule has 0 spiro atoms. The Balaban J connectivity index is 1.63. The molecule has 4 atom stereocenters. The maximum atomic E-state index is 13.3. The van der Waals surface area contributed by atoms with Gasteiger partial charge in [0.05, 0.1) is 20.3 Å². The zero-order chi connectivity index (χ0) is 33.6. The number of rotatable bonds is 16. The van der Waals surface area contributed by atoms with E-state index in [0.717, 1.165) is 47.4 Å². The van der Waals surface area contributed by atoms with Gasteiger partial charge in [-0.25, -0.2) is 0 Å². The van der Waals surface area contributed by atoms with Gasteiger partial charge in [0.25, 0.3) is 0 Å². The third kappa shape index (κ3) is 8.02. The summed E-state index contributed by atoms with van der Waals surface area (Å²) in [6.45, 7) is 6.17. The summed E-state index contributed by atoms with van der Waals surface area (Å²) in [5.74, 6) is 0.726. The minimum atomic E-state index is -0.480. The second kappa shape index (κ2) is 15.6. The molecular formula is C36H55N5O5. The molecule has 1 heterocycles. The molecule has 4 rings (SSSR count). The van der Waals surface area contributed by atoms with E-state index in [1.165, 1.54) is 12.7 Å². The minimum absolute atomic E-state index is 0.0610. The number of amides is 1. The number of esters is 1. The first-order valence-electron chi connectivity index (χ1n) is 16.6. The average Bonchev–Trinajstić information content (AvgIpc) is 3.74. The SMILES string of the molecule is CNC(=O)C1C(CO)C(CNC2(CCC(=O)OC)CC2)CN1Cc1cccc(-c2cc(C(NC)C(C)C)cc(N(C)C)c2)c1OC. The van der Waals surface area contributed by atoms with Crippen molar-refractivity contribution in [2.75, 3.05) is 67.0 Å². The van der Waals surface area contributed by atoms with Gasteiger partial charge in [-0.05, 0) is 67.5 Å². The van der Waals surface area contributed by atoms with E-state index < -0.39 is 6.04 Å². The fourth-order valence-corrected chi connectivity index (χ4v) is 7.18. The van der Waals surface area contributed by atoms with E-state index in [0.29, 0.717) is 32.0 Å². The van der Waals surface area contributed by atoms with Gasteiger partial charge in [-0.2, -0.15) is 0 Å². The molecule has 10 nitrogen and oxygen atoms in total. The molecule has 0 aromatic heterocycles. The second-order valence-corrected chi connectivity index (χ2v) is 13.5. The maximum absolute atomic E-state index is 13.3. The summed E-state index contributed by atoms with van der Waals surface area (Å²) in [5, 5.41) is 20.6. The van der Waals surface area contributed by atoms with Crippen molar-refractivity contribution in [2.45, 2.75) is 63.7 Å². The fraction of sp³-hybridized carbons (Fsp3) is 0.611. The Labute approximate surface area is 275 Å². The molecule has 1 amide bonds. The Morgan fingerprint density at radius 1 is 1.13 bits per heavy atom. The lowest BCUT2D eigenvalue weighted by Gasteiger charge is -2.27. The lowest BCUT2D eigenvalue weighted by atomic mass is 9.90. The van der Waals surface area contributed by atoms with Gasteiger partial charge in [0.1, 0.15) is 5.75 Å². The first-order valence-corrected chi connectivity index (χ1v) is 16.6. The molecule has 2 aromatic rings. The van der Waals surface area contributed by atoms with E-state index in [9.17, 15) is 14.7 Å². The van der Waals surface area contributed by atoms with Crippen LogP contribution in [0.4, 0.5) is 5.69 Å². The number of carbonyl (C=O) groups excluding carboxylic acids is 2. The van der Waals surface area contributed by atoms with Gasteiger partial charge >= 0.3 is 5.97 Å². The van der Waals surface area contributed by atoms with Crippen molar-refractivity contribution >= 4 is 17.6 Å². The lowest BCUT2D eigenvalue weighted by Crippen LogP contribution is -2.46. The first-order chi connectivity index (χ1) is 22.0. The van der Waals surface area contributed by atoms with Crippen LogP contribution in [0.15, 0.2) is 36.4 Å². The summed E-state index contributed by atoms with van der Waals surface area (Å²) >= 11 is 0. The van der Waals surface area contributed by atoms with Crippen molar-refractivity contribution in [1.29, 1.82) is 0 Å². The highest BCUT2D eigenvalue weighted by atomic mass is 16.5. The smallest absolute Gasteiger partial charge is 0.305 e. The molecule has 1 saturated heterocycles. The number of para-hydroxylation sites is 1. The molecule has 1 aliphatic carbocycles. The molecule has 1 saturated carbocycles. The number of methoxy groups -OCH3 is 2. The van der Waals surface area contributed by atoms with Crippen molar-refractivity contribution in [2.24, 2.45) is 17.8 Å². The fourth-order valence-electron chi connectivity index (χ4n) is 7.18. The summed E-state index contributed by atoms with van der Waals surface area (Å²) < 4.78 is 11.0. The highest BCUT2D eigenvalue weighted by Gasteiger charge is 2.48. The molecule has 0 bridgehead atoms. The first kappa shape index (κ1) is 35.7. The molecule has 254 valence electrons. The van der Waals surface area contributed by atoms with Gasteiger partial charge in [-0.3, -0.25) is 14.5 Å². The van der Waals surface area contributed by atoms with Crippen molar-refractivity contribution in [3.05, 3.63) is 47.5 Å². The highest BCUT2D eigenvalue weighted by Crippen LogP contribution is 2.42. The zero-order valence-electron chi connectivity index (χ0n) is 29.0. The number of hydrogen-bond acceptors (Lipinski definition) is 9. The van der Waals surface area contributed by atoms with Crippen molar-refractivity contribution in [3.63, 3.8) is 0 Å². The number of nitrogens with one attached hydrogen (secondary N) is 3. The van der Waals surface area contributed by atoms with Gasteiger partial charge in [0.2, 0.25) is 5.91 Å². The van der Waals surface area contributed by atoms with Gasteiger partial charge < -0.3 is 35.4 Å². The minimum Gasteiger partial charge on any atom is -0.496 e. The van der Waals surface area contributed by atoms with Crippen LogP contribution < -0.4 is 25.6 Å². The molecule has 2 fully saturated rings. The molecule has 4 N–H and O–H groups in total. The Kier molecular flexibility index (Phi) is 12.1. The molecule has 1 aliphatic heterocycles. The summed E-state index contributed by atoms with van der Waals surface area (Å²) in [7, 11) is 10.9. The monoisotopic (exact) mass is 637 g/mol. The van der Waals surface area contributed by atoms with Crippen LogP contribution in [0.25, 0.3) is 11.1 Å². The van der Waals surface area contributed by atoms with E-state index >= 15 is 0 Å². The summed E-state index contributed by atoms with van der Waals surface area (Å²) in [6.07, 6.45) is 3.13. The number of aliphatic hydroxyl groups excluding tert-OH is 1. The Morgan fingerprint density at radius 3 is 2.43 bits per heavy atom. The van der Waals surface area contributed by atoms with Gasteiger partial charge in [-0.1, -0.05) is 32.0 Å². The number of aliphatic hydroxyl groups is 1. The number of carbonyl (C=O) groups is 2. The standard InChI is InChI=1S/C36H55N5O5/c1-23(2)32(37-3)26-16-25(17-28(18-26)40(5)6)29-11-9-10-24(34(29)46-8)20-41-21-27(30(22-42)33(41)35(44)38-4)19-39-36(14-15-36)13-12-31(43)45-7/h9-11,16-18,23,27,30,32-33,37,39,42H,12-15,19-22H2,1-8H3,(H,38,44). The van der Waals surface area contributed by atoms with Crippen LogP contribution in [0, 0.1) is 17.8 Å². The second-order valence-electron chi connectivity index (χ2n) is 13.5. The number of nitrogens with zero attached hydrogens (tertiary/aromatic N) is 2. The van der Waals surface area contributed by atoms with Crippen molar-refractivity contribution in [1.82, 2.24) is 20.9 Å². The molecule has 4 unspecified atom stereocenters. The van der Waals surface area contributed by atoms with Crippen LogP contribution >= 0.6 is 0 Å². The van der Waals surface area contributed by atoms with Gasteiger partial charge in [0.15, 0.2) is 0 Å². The molecule has 2 aliphatic rings. The third-order valence-electron chi connectivity index (χ3n) is 10.0. The molecule has 46 heavy (non-hydrogen) atoms. The molecule has 0 radical (unpaired) electrons. The normalized spacial score (nSPS) is 21.2. The molecule has 10 heteroatoms. The Bertz CT molecular complexity index is 1340. The number of anilines is 1. The van der Waals surface area contributed by atoms with Gasteiger partial charge in [0, 0.05) is 88.1 Å². The Morgan fingerprint density at radius 2 is 1.87 bits per heavy atom. The average molecular weight is 638 g/mol. The predicted octanol–water partition coefficient (Wildman–Crippen LogP) is 3.58. The quantitative estimate of drug-likeness (QED) is 0.205. The number of likely N-dealkylation sites (tertiary alicyclic amines) is 1. The van der Waals surface area contributed by atoms with Crippen molar-refractivity contribution < 1.29 is 24.2 Å². The van der Waals surface area contributed by atoms with E-state index in [1.54, 1.807) is 14.2 Å². The van der Waals surface area contributed by atoms with Crippen LogP contribution in [0.5, 0.6) is 5.75 Å². The summed E-state index contributed by atoms with van der Waals surface area (Å²) in [5.41, 5.74) is 5.32. The topological polar surface area (TPSA) is 115 Å². The summed E-state index contributed by atoms with van der Waals surface area (Å²) in [6, 6.07) is 12.6. The lowest BCUT2D eigenvalue weighted by molar-refractivity contribution is -0.141. The van der Waals surface area contributed by atoms with Crippen molar-refractivity contribution in [3.8, 4) is 16.9 Å². The van der Waals surface area contributed by atoms with E-state index in [4.69, 9.17) is 9.47 Å². The van der Waals surface area contributed by atoms with E-state index in [2.05, 4.69) is 90.1 Å².